The average molecular weight is 407 g/mol. The summed E-state index contributed by atoms with van der Waals surface area (Å²) in [5.74, 6) is 1.03. The number of nitrogens with zero attached hydrogens (tertiary/aromatic N) is 6. The molecule has 0 aliphatic carbocycles. The van der Waals surface area contributed by atoms with Crippen molar-refractivity contribution in [2.75, 3.05) is 26.2 Å². The molecule has 156 valence electrons. The van der Waals surface area contributed by atoms with Gasteiger partial charge in [0.1, 0.15) is 0 Å². The first kappa shape index (κ1) is 22.8. The minimum atomic E-state index is -0.0556. The Morgan fingerprint density at radius 2 is 1.71 bits per heavy atom. The fourth-order valence-corrected chi connectivity index (χ4v) is 3.81. The number of hydrogen-bond donors (Lipinski definition) is 0. The van der Waals surface area contributed by atoms with Crippen LogP contribution in [0.4, 0.5) is 0 Å². The van der Waals surface area contributed by atoms with Gasteiger partial charge in [-0.3, -0.25) is 9.80 Å². The molecule has 28 heavy (non-hydrogen) atoms. The van der Waals surface area contributed by atoms with E-state index in [1.807, 2.05) is 0 Å². The van der Waals surface area contributed by atoms with E-state index in [9.17, 15) is 0 Å². The Morgan fingerprint density at radius 3 is 2.32 bits per heavy atom. The first-order valence-electron chi connectivity index (χ1n) is 10.3. The van der Waals surface area contributed by atoms with E-state index in [1.165, 1.54) is 5.56 Å². The van der Waals surface area contributed by atoms with Gasteiger partial charge < -0.3 is 0 Å². The molecular weight excluding hydrogens is 372 g/mol. The molecule has 0 bridgehead atoms. The van der Waals surface area contributed by atoms with Gasteiger partial charge in [-0.1, -0.05) is 50.6 Å². The molecule has 7 heteroatoms. The summed E-state index contributed by atoms with van der Waals surface area (Å²) < 4.78 is 2.06. The molecule has 1 aliphatic heterocycles. The molecule has 1 atom stereocenters. The number of hydrogen-bond acceptors (Lipinski definition) is 5. The van der Waals surface area contributed by atoms with E-state index >= 15 is 0 Å². The lowest BCUT2D eigenvalue weighted by molar-refractivity contribution is 0.0788. The molecule has 0 N–H and O–H groups in total. The molecule has 6 nitrogen and oxygen atoms in total. The van der Waals surface area contributed by atoms with Crippen molar-refractivity contribution in [3.05, 3.63) is 41.7 Å². The van der Waals surface area contributed by atoms with Crippen LogP contribution in [0.2, 0.25) is 0 Å². The van der Waals surface area contributed by atoms with Gasteiger partial charge in [0.2, 0.25) is 0 Å². The fraction of sp³-hybridized carbons (Fsp3) is 0.667. The molecule has 1 unspecified atom stereocenters. The number of tetrazole rings is 1. The minimum absolute atomic E-state index is 0. The zero-order chi connectivity index (χ0) is 19.3. The van der Waals surface area contributed by atoms with E-state index in [-0.39, 0.29) is 17.9 Å². The van der Waals surface area contributed by atoms with Crippen molar-refractivity contribution in [2.24, 2.45) is 0 Å². The molecule has 3 rings (SSSR count). The fourth-order valence-electron chi connectivity index (χ4n) is 3.81. The summed E-state index contributed by atoms with van der Waals surface area (Å²) in [4.78, 5) is 5.13. The Bertz CT molecular complexity index is 694. The second-order valence-corrected chi connectivity index (χ2v) is 8.22. The molecule has 0 amide bonds. The molecule has 1 aromatic heterocycles. The summed E-state index contributed by atoms with van der Waals surface area (Å²) in [5, 5.41) is 12.8. The van der Waals surface area contributed by atoms with E-state index in [0.29, 0.717) is 6.04 Å². The normalized spacial score (nSPS) is 17.3. The van der Waals surface area contributed by atoms with Crippen LogP contribution in [0.5, 0.6) is 0 Å². The van der Waals surface area contributed by atoms with Gasteiger partial charge in [-0.2, -0.15) is 0 Å². The maximum absolute atomic E-state index is 4.46. The average Bonchev–Trinajstić information content (AvgIpc) is 3.18. The number of aromatic nitrogens is 4. The lowest BCUT2D eigenvalue weighted by Gasteiger charge is -2.39. The summed E-state index contributed by atoms with van der Waals surface area (Å²) in [5.41, 5.74) is 1.34. The third-order valence-corrected chi connectivity index (χ3v) is 5.89. The zero-order valence-electron chi connectivity index (χ0n) is 17.7. The number of rotatable bonds is 8. The van der Waals surface area contributed by atoms with Gasteiger partial charge in [-0.15, -0.1) is 17.5 Å². The summed E-state index contributed by atoms with van der Waals surface area (Å²) >= 11 is 0. The van der Waals surface area contributed by atoms with Crippen LogP contribution in [-0.4, -0.2) is 56.2 Å². The smallest absolute Gasteiger partial charge is 0.168 e. The Hall–Kier alpha value is -1.50. The molecule has 0 radical (unpaired) electrons. The van der Waals surface area contributed by atoms with E-state index in [4.69, 9.17) is 0 Å². The van der Waals surface area contributed by atoms with Gasteiger partial charge in [-0.25, -0.2) is 4.68 Å². The molecular formula is C21H35ClN6. The second kappa shape index (κ2) is 10.3. The number of benzene rings is 1. The van der Waals surface area contributed by atoms with E-state index in [2.05, 4.69) is 88.0 Å². The Balaban J connectivity index is 0.00000280. The summed E-state index contributed by atoms with van der Waals surface area (Å²) in [6.45, 7) is 14.2. The highest BCUT2D eigenvalue weighted by atomic mass is 35.5. The van der Waals surface area contributed by atoms with Gasteiger partial charge >= 0.3 is 0 Å². The number of piperazine rings is 1. The quantitative estimate of drug-likeness (QED) is 0.665. The van der Waals surface area contributed by atoms with Crippen LogP contribution in [0, 0.1) is 0 Å². The highest BCUT2D eigenvalue weighted by molar-refractivity contribution is 5.85. The largest absolute Gasteiger partial charge is 0.297 e. The van der Waals surface area contributed by atoms with Crippen molar-refractivity contribution in [1.29, 1.82) is 0 Å². The van der Waals surface area contributed by atoms with Crippen molar-refractivity contribution >= 4 is 12.4 Å². The van der Waals surface area contributed by atoms with Crippen LogP contribution in [0.3, 0.4) is 0 Å². The van der Waals surface area contributed by atoms with Gasteiger partial charge in [0.25, 0.3) is 0 Å². The predicted molar refractivity (Wildman–Crippen MR) is 116 cm³/mol. The maximum Gasteiger partial charge on any atom is 0.168 e. The van der Waals surface area contributed by atoms with Crippen LogP contribution in [0.1, 0.15) is 64.4 Å². The molecule has 1 fully saturated rings. The van der Waals surface area contributed by atoms with Gasteiger partial charge in [0.05, 0.1) is 11.6 Å². The van der Waals surface area contributed by atoms with E-state index < -0.39 is 0 Å². The van der Waals surface area contributed by atoms with Crippen molar-refractivity contribution in [3.8, 4) is 0 Å². The lowest BCUT2D eigenvalue weighted by atomic mass is 10.0. The van der Waals surface area contributed by atoms with Crippen LogP contribution in [-0.2, 0) is 12.1 Å². The van der Waals surface area contributed by atoms with Gasteiger partial charge in [-0.05, 0) is 42.7 Å². The first-order valence-corrected chi connectivity index (χ1v) is 10.3. The zero-order valence-corrected chi connectivity index (χ0v) is 18.5. The third kappa shape index (κ3) is 5.31. The topological polar surface area (TPSA) is 50.1 Å². The van der Waals surface area contributed by atoms with Crippen LogP contribution >= 0.6 is 12.4 Å². The molecule has 2 aromatic rings. The van der Waals surface area contributed by atoms with E-state index in [0.717, 1.165) is 57.8 Å². The molecule has 2 heterocycles. The van der Waals surface area contributed by atoms with Crippen LogP contribution in [0.25, 0.3) is 0 Å². The van der Waals surface area contributed by atoms with Gasteiger partial charge in [0, 0.05) is 32.7 Å². The molecule has 1 aromatic carbocycles. The Kier molecular flexibility index (Phi) is 8.40. The standard InChI is InChI=1S/C21H34N6.ClH/c1-5-10-19(20-22-23-24-27(20)21(3,4)6-2)26-15-13-25(14-16-26)17-18-11-8-7-9-12-18;/h7-9,11-12,19H,5-6,10,13-17H2,1-4H3;1H. The van der Waals surface area contributed by atoms with Crippen molar-refractivity contribution in [2.45, 2.75) is 65.1 Å². The molecule has 0 spiro atoms. The molecule has 1 saturated heterocycles. The first-order chi connectivity index (χ1) is 13.0. The van der Waals surface area contributed by atoms with E-state index in [1.54, 1.807) is 0 Å². The lowest BCUT2D eigenvalue weighted by Crippen LogP contribution is -2.48. The highest BCUT2D eigenvalue weighted by Gasteiger charge is 2.32. The minimum Gasteiger partial charge on any atom is -0.297 e. The van der Waals surface area contributed by atoms with Crippen molar-refractivity contribution in [3.63, 3.8) is 0 Å². The Morgan fingerprint density at radius 1 is 1.04 bits per heavy atom. The van der Waals surface area contributed by atoms with Crippen LogP contribution in [0.15, 0.2) is 30.3 Å². The SMILES string of the molecule is CCCC(c1nnnn1C(C)(C)CC)N1CCN(Cc2ccccc2)CC1.Cl. The summed E-state index contributed by atoms with van der Waals surface area (Å²) in [6.07, 6.45) is 3.24. The molecule has 0 saturated carbocycles. The van der Waals surface area contributed by atoms with Crippen molar-refractivity contribution < 1.29 is 0 Å². The predicted octanol–water partition coefficient (Wildman–Crippen LogP) is 3.90. The molecule has 1 aliphatic rings. The monoisotopic (exact) mass is 406 g/mol. The van der Waals surface area contributed by atoms with Crippen molar-refractivity contribution in [1.82, 2.24) is 30.0 Å². The van der Waals surface area contributed by atoms with Gasteiger partial charge in [0.15, 0.2) is 5.82 Å². The summed E-state index contributed by atoms with van der Waals surface area (Å²) in [6, 6.07) is 11.1. The van der Waals surface area contributed by atoms with Crippen LogP contribution < -0.4 is 0 Å². The number of halogens is 1. The maximum atomic E-state index is 4.46. The third-order valence-electron chi connectivity index (χ3n) is 5.89. The Labute approximate surface area is 175 Å². The second-order valence-electron chi connectivity index (χ2n) is 8.22. The summed E-state index contributed by atoms with van der Waals surface area (Å²) in [7, 11) is 0. The highest BCUT2D eigenvalue weighted by Crippen LogP contribution is 2.29.